The quantitative estimate of drug-likeness (QED) is 0.704. The predicted molar refractivity (Wildman–Crippen MR) is 98.6 cm³/mol. The highest BCUT2D eigenvalue weighted by atomic mass is 16.5. The zero-order valence-corrected chi connectivity index (χ0v) is 15.4. The van der Waals surface area contributed by atoms with Gasteiger partial charge in [0.15, 0.2) is 17.3 Å². The largest absolute Gasteiger partial charge is 0.493 e. The van der Waals surface area contributed by atoms with Crippen molar-refractivity contribution < 1.29 is 23.7 Å². The van der Waals surface area contributed by atoms with Crippen LogP contribution < -0.4 is 19.9 Å². The first kappa shape index (κ1) is 19.7. The van der Waals surface area contributed by atoms with Crippen molar-refractivity contribution in [3.8, 4) is 29.1 Å². The van der Waals surface area contributed by atoms with Crippen LogP contribution in [0.5, 0.6) is 17.2 Å². The van der Waals surface area contributed by atoms with Crippen molar-refractivity contribution in [1.82, 2.24) is 0 Å². The van der Waals surface area contributed by atoms with E-state index in [1.165, 1.54) is 0 Å². The van der Waals surface area contributed by atoms with Gasteiger partial charge >= 0.3 is 0 Å². The van der Waals surface area contributed by atoms with Gasteiger partial charge < -0.3 is 29.5 Å². The lowest BCUT2D eigenvalue weighted by molar-refractivity contribution is 0.199. The van der Waals surface area contributed by atoms with Gasteiger partial charge in [-0.25, -0.2) is 0 Å². The third kappa shape index (κ3) is 5.73. The van der Waals surface area contributed by atoms with Crippen molar-refractivity contribution >= 4 is 0 Å². The van der Waals surface area contributed by atoms with Gasteiger partial charge in [0.1, 0.15) is 18.1 Å². The Bertz CT molecular complexity index is 770. The summed E-state index contributed by atoms with van der Waals surface area (Å²) in [7, 11) is 3.16. The van der Waals surface area contributed by atoms with Gasteiger partial charge in [-0.2, -0.15) is 0 Å². The maximum atomic E-state index is 9.17. The molecule has 1 aromatic heterocycles. The van der Waals surface area contributed by atoms with Crippen molar-refractivity contribution in [2.75, 3.05) is 27.4 Å². The molecule has 6 heteroatoms. The molecule has 1 aromatic carbocycles. The number of hydrogen-bond acceptors (Lipinski definition) is 6. The number of aliphatic hydroxyl groups excluding tert-OH is 1. The van der Waals surface area contributed by atoms with Gasteiger partial charge in [-0.05, 0) is 43.5 Å². The summed E-state index contributed by atoms with van der Waals surface area (Å²) in [6.07, 6.45) is 1.28. The number of aryl methyl sites for hydroxylation is 1. The van der Waals surface area contributed by atoms with Crippen LogP contribution in [0.1, 0.15) is 24.9 Å². The molecule has 0 aliphatic heterocycles. The summed E-state index contributed by atoms with van der Waals surface area (Å²) >= 11 is 0. The van der Waals surface area contributed by atoms with Gasteiger partial charge in [-0.1, -0.05) is 5.92 Å². The van der Waals surface area contributed by atoms with Crippen LogP contribution in [0.4, 0.5) is 0 Å². The molecule has 26 heavy (non-hydrogen) atoms. The molecule has 0 aliphatic carbocycles. The molecule has 3 N–H and O–H groups in total. The van der Waals surface area contributed by atoms with E-state index >= 15 is 0 Å². The zero-order valence-electron chi connectivity index (χ0n) is 15.4. The van der Waals surface area contributed by atoms with E-state index in [9.17, 15) is 5.11 Å². The molecule has 0 amide bonds. The first-order valence-corrected chi connectivity index (χ1v) is 8.29. The average molecular weight is 359 g/mol. The fraction of sp³-hybridized carbons (Fsp3) is 0.400. The number of methoxy groups -OCH3 is 2. The molecule has 0 saturated carbocycles. The number of ether oxygens (including phenoxy) is 3. The monoisotopic (exact) mass is 359 g/mol. The van der Waals surface area contributed by atoms with Gasteiger partial charge in [0.25, 0.3) is 0 Å². The molecule has 1 heterocycles. The van der Waals surface area contributed by atoms with Crippen LogP contribution in [-0.2, 0) is 6.42 Å². The normalized spacial score (nSPS) is 12.7. The second-order valence-corrected chi connectivity index (χ2v) is 6.19. The molecular weight excluding hydrogens is 334 g/mol. The first-order valence-electron chi connectivity index (χ1n) is 8.29. The van der Waals surface area contributed by atoms with Crippen LogP contribution in [0.25, 0.3) is 0 Å². The standard InChI is InChI=1S/C20H25NO5/c1-20(21,14-22)11-10-16-7-6-15(26-16)5-4-12-25-17-8-9-18(23-2)19(13-17)24-3/h6-9,13,22H,10-12,14,21H2,1-3H3/t20-/m1/s1. The van der Waals surface area contributed by atoms with Crippen molar-refractivity contribution in [2.24, 2.45) is 5.73 Å². The van der Waals surface area contributed by atoms with E-state index in [0.717, 1.165) is 5.76 Å². The SMILES string of the molecule is COc1ccc(OCC#Cc2ccc(CC[C@@](C)(N)CO)o2)cc1OC. The number of hydrogen-bond donors (Lipinski definition) is 2. The van der Waals surface area contributed by atoms with Gasteiger partial charge in [-0.15, -0.1) is 0 Å². The molecular formula is C20H25NO5. The molecule has 0 aliphatic rings. The number of benzene rings is 1. The second kappa shape index (κ2) is 9.18. The Morgan fingerprint density at radius 3 is 2.62 bits per heavy atom. The van der Waals surface area contributed by atoms with E-state index < -0.39 is 5.54 Å². The topological polar surface area (TPSA) is 87.1 Å². The van der Waals surface area contributed by atoms with E-state index in [4.69, 9.17) is 24.4 Å². The molecule has 0 fully saturated rings. The lowest BCUT2D eigenvalue weighted by Crippen LogP contribution is -2.40. The molecule has 140 valence electrons. The predicted octanol–water partition coefficient (Wildman–Crippen LogP) is 2.37. The molecule has 0 radical (unpaired) electrons. The molecule has 0 saturated heterocycles. The van der Waals surface area contributed by atoms with E-state index in [1.807, 2.05) is 19.1 Å². The molecule has 1 atom stereocenters. The number of aliphatic hydroxyl groups is 1. The maximum absolute atomic E-state index is 9.17. The maximum Gasteiger partial charge on any atom is 0.177 e. The fourth-order valence-electron chi connectivity index (χ4n) is 2.22. The van der Waals surface area contributed by atoms with Crippen LogP contribution in [0.2, 0.25) is 0 Å². The summed E-state index contributed by atoms with van der Waals surface area (Å²) in [5, 5.41) is 9.17. The average Bonchev–Trinajstić information content (AvgIpc) is 3.11. The molecule has 2 rings (SSSR count). The van der Waals surface area contributed by atoms with Gasteiger partial charge in [0.2, 0.25) is 0 Å². The third-order valence-electron chi connectivity index (χ3n) is 3.84. The highest BCUT2D eigenvalue weighted by Crippen LogP contribution is 2.30. The Kier molecular flexibility index (Phi) is 6.96. The first-order chi connectivity index (χ1) is 12.5. The Labute approximate surface area is 153 Å². The smallest absolute Gasteiger partial charge is 0.177 e. The third-order valence-corrected chi connectivity index (χ3v) is 3.84. The van der Waals surface area contributed by atoms with Crippen LogP contribution >= 0.6 is 0 Å². The summed E-state index contributed by atoms with van der Waals surface area (Å²) in [4.78, 5) is 0. The van der Waals surface area contributed by atoms with Crippen molar-refractivity contribution in [3.05, 3.63) is 41.9 Å². The number of nitrogens with two attached hydrogens (primary N) is 1. The highest BCUT2D eigenvalue weighted by molar-refractivity contribution is 5.45. The molecule has 6 nitrogen and oxygen atoms in total. The summed E-state index contributed by atoms with van der Waals surface area (Å²) in [6.45, 7) is 1.97. The van der Waals surface area contributed by atoms with Gasteiger partial charge in [-0.3, -0.25) is 0 Å². The second-order valence-electron chi connectivity index (χ2n) is 6.19. The van der Waals surface area contributed by atoms with Crippen molar-refractivity contribution in [1.29, 1.82) is 0 Å². The minimum absolute atomic E-state index is 0.0617. The summed E-state index contributed by atoms with van der Waals surface area (Å²) in [5.74, 6) is 9.07. The number of furan rings is 1. The van der Waals surface area contributed by atoms with Crippen LogP contribution in [0.15, 0.2) is 34.7 Å². The summed E-state index contributed by atoms with van der Waals surface area (Å²) < 4.78 is 21.6. The molecule has 0 bridgehead atoms. The fourth-order valence-corrected chi connectivity index (χ4v) is 2.22. The van der Waals surface area contributed by atoms with Crippen LogP contribution in [0.3, 0.4) is 0 Å². The van der Waals surface area contributed by atoms with Crippen LogP contribution in [-0.4, -0.2) is 38.1 Å². The molecule has 0 unspecified atom stereocenters. The molecule has 0 spiro atoms. The van der Waals surface area contributed by atoms with Crippen molar-refractivity contribution in [3.63, 3.8) is 0 Å². The van der Waals surface area contributed by atoms with E-state index in [0.29, 0.717) is 35.9 Å². The Balaban J connectivity index is 1.87. The highest BCUT2D eigenvalue weighted by Gasteiger charge is 2.17. The number of rotatable bonds is 8. The Morgan fingerprint density at radius 1 is 1.15 bits per heavy atom. The Hall–Kier alpha value is -2.62. The van der Waals surface area contributed by atoms with Crippen molar-refractivity contribution in [2.45, 2.75) is 25.3 Å². The van der Waals surface area contributed by atoms with Gasteiger partial charge in [0.05, 0.1) is 20.8 Å². The van der Waals surface area contributed by atoms with E-state index in [-0.39, 0.29) is 13.2 Å². The van der Waals surface area contributed by atoms with Gasteiger partial charge in [0, 0.05) is 18.0 Å². The lowest BCUT2D eigenvalue weighted by atomic mass is 9.98. The molecule has 2 aromatic rings. The van der Waals surface area contributed by atoms with Crippen LogP contribution in [0, 0.1) is 11.8 Å². The zero-order chi connectivity index (χ0) is 19.0. The van der Waals surface area contributed by atoms with E-state index in [1.54, 1.807) is 32.4 Å². The minimum Gasteiger partial charge on any atom is -0.493 e. The summed E-state index contributed by atoms with van der Waals surface area (Å²) in [5.41, 5.74) is 5.30. The summed E-state index contributed by atoms with van der Waals surface area (Å²) in [6, 6.07) is 8.99. The minimum atomic E-state index is -0.605. The lowest BCUT2D eigenvalue weighted by Gasteiger charge is -2.20. The Morgan fingerprint density at radius 2 is 1.92 bits per heavy atom. The van der Waals surface area contributed by atoms with E-state index in [2.05, 4.69) is 11.8 Å².